The lowest BCUT2D eigenvalue weighted by atomic mass is 9.87. The van der Waals surface area contributed by atoms with Crippen LogP contribution in [0.25, 0.3) is 0 Å². The number of benzene rings is 1. The van der Waals surface area contributed by atoms with Crippen LogP contribution in [0.15, 0.2) is 18.2 Å². The first-order valence-corrected chi connectivity index (χ1v) is 6.60. The molecule has 3 rings (SSSR count). The van der Waals surface area contributed by atoms with Gasteiger partial charge in [-0.25, -0.2) is 0 Å². The van der Waals surface area contributed by atoms with Gasteiger partial charge in [0, 0.05) is 17.6 Å². The molecule has 1 fully saturated rings. The van der Waals surface area contributed by atoms with E-state index in [1.165, 1.54) is 0 Å². The van der Waals surface area contributed by atoms with Crippen molar-refractivity contribution in [2.24, 2.45) is 5.92 Å². The zero-order valence-corrected chi connectivity index (χ0v) is 10.2. The smallest absolute Gasteiger partial charge is 0.116 e. The Labute approximate surface area is 106 Å². The van der Waals surface area contributed by atoms with E-state index >= 15 is 0 Å². The van der Waals surface area contributed by atoms with E-state index in [9.17, 15) is 15.3 Å². The lowest BCUT2D eigenvalue weighted by molar-refractivity contribution is 0.0157. The molecule has 0 saturated heterocycles. The summed E-state index contributed by atoms with van der Waals surface area (Å²) < 4.78 is 0. The third kappa shape index (κ3) is 1.95. The first-order valence-electron chi connectivity index (χ1n) is 6.60. The number of fused-ring (bicyclic) bond motifs is 1. The molecule has 98 valence electrons. The molecule has 0 bridgehead atoms. The molecule has 1 heterocycles. The molecular formula is C14H19NO3. The number of aliphatic hydroxyl groups excluding tert-OH is 2. The van der Waals surface area contributed by atoms with E-state index in [1.54, 1.807) is 12.1 Å². The van der Waals surface area contributed by atoms with Gasteiger partial charge in [0.25, 0.3) is 0 Å². The number of phenolic OH excluding ortho intramolecular Hbond substituents is 1. The molecule has 4 nitrogen and oxygen atoms in total. The second kappa shape index (κ2) is 4.44. The van der Waals surface area contributed by atoms with Crippen LogP contribution in [-0.4, -0.2) is 33.6 Å². The van der Waals surface area contributed by atoms with Crippen LogP contribution in [0.4, 0.5) is 5.69 Å². The van der Waals surface area contributed by atoms with Crippen molar-refractivity contribution >= 4 is 5.69 Å². The number of aromatic hydroxyl groups is 1. The van der Waals surface area contributed by atoms with Gasteiger partial charge in [0.2, 0.25) is 0 Å². The second-order valence-electron chi connectivity index (χ2n) is 5.43. The van der Waals surface area contributed by atoms with Gasteiger partial charge in [-0.1, -0.05) is 0 Å². The predicted molar refractivity (Wildman–Crippen MR) is 68.6 cm³/mol. The van der Waals surface area contributed by atoms with Crippen LogP contribution in [0.1, 0.15) is 24.8 Å². The molecule has 1 aromatic rings. The third-order valence-electron chi connectivity index (χ3n) is 4.30. The number of rotatable bonds is 1. The van der Waals surface area contributed by atoms with Gasteiger partial charge in [-0.2, -0.15) is 0 Å². The molecule has 1 aromatic carbocycles. The van der Waals surface area contributed by atoms with Gasteiger partial charge in [-0.15, -0.1) is 0 Å². The van der Waals surface area contributed by atoms with Crippen LogP contribution < -0.4 is 5.32 Å². The normalized spacial score (nSPS) is 35.0. The van der Waals surface area contributed by atoms with Gasteiger partial charge < -0.3 is 20.6 Å². The monoisotopic (exact) mass is 249 g/mol. The summed E-state index contributed by atoms with van der Waals surface area (Å²) in [6.45, 7) is 0. The first kappa shape index (κ1) is 11.8. The molecule has 4 atom stereocenters. The summed E-state index contributed by atoms with van der Waals surface area (Å²) in [6, 6.07) is 5.57. The van der Waals surface area contributed by atoms with E-state index in [0.29, 0.717) is 12.2 Å². The summed E-state index contributed by atoms with van der Waals surface area (Å²) in [5.74, 6) is 0.423. The minimum Gasteiger partial charge on any atom is -0.508 e. The molecule has 0 radical (unpaired) electrons. The Bertz CT molecular complexity index is 449. The summed E-state index contributed by atoms with van der Waals surface area (Å²) in [7, 11) is 0. The molecule has 0 amide bonds. The van der Waals surface area contributed by atoms with Gasteiger partial charge in [0.05, 0.1) is 12.2 Å². The highest BCUT2D eigenvalue weighted by atomic mass is 16.3. The van der Waals surface area contributed by atoms with Crippen molar-refractivity contribution in [3.05, 3.63) is 23.8 Å². The fraction of sp³-hybridized carbons (Fsp3) is 0.571. The molecule has 1 aliphatic heterocycles. The summed E-state index contributed by atoms with van der Waals surface area (Å²) in [6.07, 6.45) is 2.21. The molecule has 4 unspecified atom stereocenters. The Kier molecular flexibility index (Phi) is 2.92. The summed E-state index contributed by atoms with van der Waals surface area (Å²) >= 11 is 0. The number of nitrogens with one attached hydrogen (secondary N) is 1. The lowest BCUT2D eigenvalue weighted by Gasteiger charge is -2.33. The summed E-state index contributed by atoms with van der Waals surface area (Å²) in [5, 5.41) is 32.5. The fourth-order valence-electron chi connectivity index (χ4n) is 3.26. The SMILES string of the molecule is Oc1ccc2c(c1)CCC(C1CCC(O)C1O)N2. The molecule has 2 aliphatic rings. The molecular weight excluding hydrogens is 230 g/mol. The molecule has 1 aliphatic carbocycles. The second-order valence-corrected chi connectivity index (χ2v) is 5.43. The van der Waals surface area contributed by atoms with Crippen molar-refractivity contribution in [3.8, 4) is 5.75 Å². The molecule has 0 spiro atoms. The molecule has 4 N–H and O–H groups in total. The van der Waals surface area contributed by atoms with Gasteiger partial charge in [0.1, 0.15) is 5.75 Å². The van der Waals surface area contributed by atoms with Crippen molar-refractivity contribution in [2.45, 2.75) is 43.9 Å². The van der Waals surface area contributed by atoms with Crippen molar-refractivity contribution in [2.75, 3.05) is 5.32 Å². The first-order chi connectivity index (χ1) is 8.65. The zero-order valence-electron chi connectivity index (χ0n) is 10.2. The topological polar surface area (TPSA) is 72.7 Å². The van der Waals surface area contributed by atoms with E-state index in [2.05, 4.69) is 5.32 Å². The highest BCUT2D eigenvalue weighted by molar-refractivity contribution is 5.56. The molecule has 4 heteroatoms. The van der Waals surface area contributed by atoms with E-state index in [-0.39, 0.29) is 12.0 Å². The summed E-state index contributed by atoms with van der Waals surface area (Å²) in [5.41, 5.74) is 2.16. The quantitative estimate of drug-likeness (QED) is 0.565. The maximum atomic E-state index is 9.97. The third-order valence-corrected chi connectivity index (χ3v) is 4.30. The Morgan fingerprint density at radius 2 is 1.94 bits per heavy atom. The van der Waals surface area contributed by atoms with Gasteiger partial charge in [-0.3, -0.25) is 0 Å². The van der Waals surface area contributed by atoms with Crippen LogP contribution in [0.3, 0.4) is 0 Å². The maximum Gasteiger partial charge on any atom is 0.116 e. The number of aryl methyl sites for hydroxylation is 1. The van der Waals surface area contributed by atoms with Crippen molar-refractivity contribution in [1.29, 1.82) is 0 Å². The Balaban J connectivity index is 1.77. The standard InChI is InChI=1S/C14H19NO3/c16-9-2-5-11-8(7-9)1-4-12(15-11)10-3-6-13(17)14(10)18/h2,5,7,10,12-18H,1,3-4,6H2. The molecule has 18 heavy (non-hydrogen) atoms. The number of hydrogen-bond acceptors (Lipinski definition) is 4. The minimum atomic E-state index is -0.610. The average molecular weight is 249 g/mol. The maximum absolute atomic E-state index is 9.97. The molecule has 1 saturated carbocycles. The zero-order chi connectivity index (χ0) is 12.7. The predicted octanol–water partition coefficient (Wildman–Crippen LogP) is 1.25. The van der Waals surface area contributed by atoms with E-state index < -0.39 is 12.2 Å². The van der Waals surface area contributed by atoms with Crippen molar-refractivity contribution < 1.29 is 15.3 Å². The van der Waals surface area contributed by atoms with Crippen molar-refractivity contribution in [1.82, 2.24) is 0 Å². The number of anilines is 1. The van der Waals surface area contributed by atoms with Crippen molar-refractivity contribution in [3.63, 3.8) is 0 Å². The number of hydrogen-bond donors (Lipinski definition) is 4. The van der Waals surface area contributed by atoms with Crippen LogP contribution in [0.5, 0.6) is 5.75 Å². The van der Waals surface area contributed by atoms with Crippen LogP contribution in [-0.2, 0) is 6.42 Å². The highest BCUT2D eigenvalue weighted by Crippen LogP contribution is 2.36. The Hall–Kier alpha value is -1.26. The Morgan fingerprint density at radius 3 is 2.67 bits per heavy atom. The van der Waals surface area contributed by atoms with E-state index in [1.807, 2.05) is 6.07 Å². The van der Waals surface area contributed by atoms with Gasteiger partial charge in [0.15, 0.2) is 0 Å². The fourth-order valence-corrected chi connectivity index (χ4v) is 3.26. The number of aliphatic hydroxyl groups is 2. The Morgan fingerprint density at radius 1 is 1.11 bits per heavy atom. The van der Waals surface area contributed by atoms with Gasteiger partial charge >= 0.3 is 0 Å². The average Bonchev–Trinajstić information content (AvgIpc) is 2.69. The number of phenols is 1. The van der Waals surface area contributed by atoms with Crippen LogP contribution >= 0.6 is 0 Å². The van der Waals surface area contributed by atoms with Crippen LogP contribution in [0, 0.1) is 5.92 Å². The highest BCUT2D eigenvalue weighted by Gasteiger charge is 2.39. The van der Waals surface area contributed by atoms with Crippen LogP contribution in [0.2, 0.25) is 0 Å². The largest absolute Gasteiger partial charge is 0.508 e. The summed E-state index contributed by atoms with van der Waals surface area (Å²) in [4.78, 5) is 0. The van der Waals surface area contributed by atoms with Gasteiger partial charge in [-0.05, 0) is 49.4 Å². The minimum absolute atomic E-state index is 0.127. The van der Waals surface area contributed by atoms with E-state index in [4.69, 9.17) is 0 Å². The van der Waals surface area contributed by atoms with E-state index in [0.717, 1.165) is 30.5 Å². The lowest BCUT2D eigenvalue weighted by Crippen LogP contribution is -2.39. The molecule has 0 aromatic heterocycles.